The molecule has 1 saturated heterocycles. The fourth-order valence-electron chi connectivity index (χ4n) is 5.37. The van der Waals surface area contributed by atoms with Crippen LogP contribution in [-0.2, 0) is 37.1 Å². The number of nitrogens with zero attached hydrogens (tertiary/aromatic N) is 2. The number of hydrogen-bond donors (Lipinski definition) is 2. The normalized spacial score (nSPS) is 19.0. The standard InChI is InChI=1S/C27H37N3O7S/c1-4-36-24(37-5-2)16-28-26(31)18-10-12-30(13-11-18)38(34,35)19-7-9-23-21(15-19)25(27(32)33)20-14-17(3)6-8-22(20)29-23/h7,9,15,17-18,24H,4-6,8,10-14,16H2,1-3H3,(H,28,31)(H,32,33)/t17-/m0/s1. The highest BCUT2D eigenvalue weighted by atomic mass is 32.2. The minimum Gasteiger partial charge on any atom is -0.478 e. The Balaban J connectivity index is 1.49. The molecule has 38 heavy (non-hydrogen) atoms. The van der Waals surface area contributed by atoms with E-state index in [-0.39, 0.29) is 41.9 Å². The second kappa shape index (κ2) is 12.1. The smallest absolute Gasteiger partial charge is 0.336 e. The van der Waals surface area contributed by atoms with Crippen LogP contribution < -0.4 is 5.32 Å². The highest BCUT2D eigenvalue weighted by Crippen LogP contribution is 2.33. The number of pyridine rings is 1. The van der Waals surface area contributed by atoms with Crippen molar-refractivity contribution in [1.29, 1.82) is 0 Å². The molecule has 0 bridgehead atoms. The number of fused-ring (bicyclic) bond motifs is 2. The topological polar surface area (TPSA) is 135 Å². The average molecular weight is 548 g/mol. The SMILES string of the molecule is CCOC(CNC(=O)C1CCN(S(=O)(=O)c2ccc3nc4c(c(C(=O)O)c3c2)C[C@@H](C)CC4)CC1)OCC. The van der Waals surface area contributed by atoms with Crippen LogP contribution in [-0.4, -0.2) is 73.8 Å². The predicted molar refractivity (Wildman–Crippen MR) is 141 cm³/mol. The Hall–Kier alpha value is -2.60. The molecule has 1 aromatic carbocycles. The van der Waals surface area contributed by atoms with Gasteiger partial charge in [-0.1, -0.05) is 6.92 Å². The van der Waals surface area contributed by atoms with Crippen LogP contribution in [0.5, 0.6) is 0 Å². The number of aryl methyl sites for hydroxylation is 1. The van der Waals surface area contributed by atoms with Crippen molar-refractivity contribution in [2.45, 2.75) is 64.1 Å². The third kappa shape index (κ3) is 6.01. The Morgan fingerprint density at radius 1 is 1.16 bits per heavy atom. The zero-order valence-electron chi connectivity index (χ0n) is 22.2. The number of piperidine rings is 1. The molecule has 0 saturated carbocycles. The quantitative estimate of drug-likeness (QED) is 0.434. The summed E-state index contributed by atoms with van der Waals surface area (Å²) >= 11 is 0. The van der Waals surface area contributed by atoms with Gasteiger partial charge < -0.3 is 19.9 Å². The maximum Gasteiger partial charge on any atom is 0.336 e. The lowest BCUT2D eigenvalue weighted by Crippen LogP contribution is -2.44. The Labute approximate surface area is 223 Å². The highest BCUT2D eigenvalue weighted by molar-refractivity contribution is 7.89. The Morgan fingerprint density at radius 2 is 1.84 bits per heavy atom. The van der Waals surface area contributed by atoms with Crippen molar-refractivity contribution in [2.24, 2.45) is 11.8 Å². The minimum atomic E-state index is -3.88. The summed E-state index contributed by atoms with van der Waals surface area (Å²) in [5, 5.41) is 13.2. The summed E-state index contributed by atoms with van der Waals surface area (Å²) in [6.07, 6.45) is 2.54. The molecule has 0 spiro atoms. The van der Waals surface area contributed by atoms with Gasteiger partial charge in [-0.15, -0.1) is 0 Å². The van der Waals surface area contributed by atoms with Gasteiger partial charge in [-0.25, -0.2) is 13.2 Å². The van der Waals surface area contributed by atoms with E-state index in [9.17, 15) is 23.1 Å². The van der Waals surface area contributed by atoms with Gasteiger partial charge >= 0.3 is 5.97 Å². The lowest BCUT2D eigenvalue weighted by Gasteiger charge is -2.31. The summed E-state index contributed by atoms with van der Waals surface area (Å²) in [5.74, 6) is -1.18. The second-order valence-electron chi connectivity index (χ2n) is 10.0. The number of aromatic carboxylic acids is 1. The number of sulfonamides is 1. The molecule has 2 aliphatic rings. The van der Waals surface area contributed by atoms with Crippen molar-refractivity contribution >= 4 is 32.8 Å². The molecular weight excluding hydrogens is 510 g/mol. The average Bonchev–Trinajstić information content (AvgIpc) is 2.90. The van der Waals surface area contributed by atoms with Gasteiger partial charge in [0.1, 0.15) is 0 Å². The molecule has 0 radical (unpaired) electrons. The van der Waals surface area contributed by atoms with Crippen LogP contribution >= 0.6 is 0 Å². The summed E-state index contributed by atoms with van der Waals surface area (Å²) in [6.45, 7) is 7.36. The number of nitrogens with one attached hydrogen (secondary N) is 1. The third-order valence-corrected chi connectivity index (χ3v) is 9.29. The number of hydrogen-bond acceptors (Lipinski definition) is 7. The van der Waals surface area contributed by atoms with Gasteiger partial charge in [-0.2, -0.15) is 4.31 Å². The van der Waals surface area contributed by atoms with Crippen molar-refractivity contribution in [3.63, 3.8) is 0 Å². The summed E-state index contributed by atoms with van der Waals surface area (Å²) in [7, 11) is -3.88. The predicted octanol–water partition coefficient (Wildman–Crippen LogP) is 2.97. The largest absolute Gasteiger partial charge is 0.478 e. The van der Waals surface area contributed by atoms with Gasteiger partial charge in [0.25, 0.3) is 0 Å². The molecule has 4 rings (SSSR count). The third-order valence-electron chi connectivity index (χ3n) is 7.39. The molecule has 1 aliphatic carbocycles. The lowest BCUT2D eigenvalue weighted by molar-refractivity contribution is -0.142. The van der Waals surface area contributed by atoms with Crippen LogP contribution in [0.2, 0.25) is 0 Å². The Morgan fingerprint density at radius 3 is 2.47 bits per heavy atom. The number of carboxylic acid groups (broad SMARTS) is 1. The molecule has 0 unspecified atom stereocenters. The zero-order chi connectivity index (χ0) is 27.4. The number of amides is 1. The molecule has 1 atom stereocenters. The fourth-order valence-corrected chi connectivity index (χ4v) is 6.87. The molecule has 1 fully saturated rings. The Kier molecular flexibility index (Phi) is 9.02. The van der Waals surface area contributed by atoms with Crippen molar-refractivity contribution in [3.05, 3.63) is 35.0 Å². The monoisotopic (exact) mass is 547 g/mol. The number of carbonyl (C=O) groups excluding carboxylic acids is 1. The summed E-state index contributed by atoms with van der Waals surface area (Å²) in [5.41, 5.74) is 2.14. The number of aromatic nitrogens is 1. The number of rotatable bonds is 10. The molecule has 2 heterocycles. The van der Waals surface area contributed by atoms with Crippen LogP contribution in [0.25, 0.3) is 10.9 Å². The number of carboxylic acids is 1. The molecule has 10 nitrogen and oxygen atoms in total. The minimum absolute atomic E-state index is 0.0391. The van der Waals surface area contributed by atoms with Crippen molar-refractivity contribution in [2.75, 3.05) is 32.8 Å². The van der Waals surface area contributed by atoms with E-state index in [1.54, 1.807) is 6.07 Å². The number of benzene rings is 1. The van der Waals surface area contributed by atoms with Crippen molar-refractivity contribution < 1.29 is 32.6 Å². The van der Waals surface area contributed by atoms with Gasteiger partial charge in [0.2, 0.25) is 15.9 Å². The first-order chi connectivity index (χ1) is 18.1. The number of carbonyl (C=O) groups is 2. The molecule has 2 aromatic rings. The first-order valence-corrected chi connectivity index (χ1v) is 14.8. The number of ether oxygens (including phenoxy) is 2. The summed E-state index contributed by atoms with van der Waals surface area (Å²) < 4.78 is 39.3. The van der Waals surface area contributed by atoms with Gasteiger partial charge in [0, 0.05) is 43.3 Å². The van der Waals surface area contributed by atoms with Crippen molar-refractivity contribution in [1.82, 2.24) is 14.6 Å². The second-order valence-corrected chi connectivity index (χ2v) is 11.9. The van der Waals surface area contributed by atoms with Gasteiger partial charge in [-0.3, -0.25) is 9.78 Å². The summed E-state index contributed by atoms with van der Waals surface area (Å²) in [4.78, 5) is 29.7. The zero-order valence-corrected chi connectivity index (χ0v) is 23.1. The molecule has 11 heteroatoms. The van der Waals surface area contributed by atoms with Crippen LogP contribution in [0.15, 0.2) is 23.1 Å². The van der Waals surface area contributed by atoms with Gasteiger partial charge in [0.15, 0.2) is 6.29 Å². The fraction of sp³-hybridized carbons (Fsp3) is 0.593. The van der Waals surface area contributed by atoms with E-state index in [4.69, 9.17) is 9.47 Å². The molecule has 2 N–H and O–H groups in total. The van der Waals surface area contributed by atoms with E-state index in [1.165, 1.54) is 16.4 Å². The van der Waals surface area contributed by atoms with Gasteiger partial charge in [0.05, 0.1) is 22.5 Å². The van der Waals surface area contributed by atoms with Crippen LogP contribution in [0.1, 0.15) is 61.6 Å². The molecule has 208 valence electrons. The Bertz CT molecular complexity index is 1280. The maximum atomic E-state index is 13.5. The van der Waals surface area contributed by atoms with E-state index in [0.29, 0.717) is 61.3 Å². The van der Waals surface area contributed by atoms with Gasteiger partial charge in [-0.05, 0) is 75.6 Å². The summed E-state index contributed by atoms with van der Waals surface area (Å²) in [6, 6.07) is 4.54. The van der Waals surface area contributed by atoms with E-state index in [1.807, 2.05) is 13.8 Å². The van der Waals surface area contributed by atoms with Crippen LogP contribution in [0.4, 0.5) is 0 Å². The molecule has 1 amide bonds. The van der Waals surface area contributed by atoms with E-state index in [0.717, 1.165) is 12.1 Å². The maximum absolute atomic E-state index is 13.5. The van der Waals surface area contributed by atoms with E-state index < -0.39 is 22.3 Å². The van der Waals surface area contributed by atoms with E-state index >= 15 is 0 Å². The molecular formula is C27H37N3O7S. The highest BCUT2D eigenvalue weighted by Gasteiger charge is 2.33. The van der Waals surface area contributed by atoms with Crippen LogP contribution in [0, 0.1) is 11.8 Å². The van der Waals surface area contributed by atoms with Crippen LogP contribution in [0.3, 0.4) is 0 Å². The van der Waals surface area contributed by atoms with E-state index in [2.05, 4.69) is 17.2 Å². The molecule has 1 aliphatic heterocycles. The molecule has 1 aromatic heterocycles. The first-order valence-electron chi connectivity index (χ1n) is 13.4. The lowest BCUT2D eigenvalue weighted by atomic mass is 9.84. The van der Waals surface area contributed by atoms with Crippen molar-refractivity contribution in [3.8, 4) is 0 Å². The first kappa shape index (κ1) is 28.4.